The number of benzene rings is 1. The topological polar surface area (TPSA) is 45.1 Å². The lowest BCUT2D eigenvalue weighted by atomic mass is 10.1. The fraction of sp³-hybridized carbons (Fsp3) is 0.568. The summed E-state index contributed by atoms with van der Waals surface area (Å²) in [5, 5.41) is 3.50. The molecule has 5 nitrogen and oxygen atoms in total. The monoisotopic (exact) mass is 665 g/mol. The fourth-order valence-corrected chi connectivity index (χ4v) is 10.6. The highest BCUT2D eigenvalue weighted by molar-refractivity contribution is 7.21. The van der Waals surface area contributed by atoms with Gasteiger partial charge >= 0.3 is 10.0 Å². The van der Waals surface area contributed by atoms with E-state index < -0.39 is 0 Å². The van der Waals surface area contributed by atoms with Crippen LogP contribution in [0, 0.1) is 6.92 Å². The summed E-state index contributed by atoms with van der Waals surface area (Å²) >= 11 is 5.36. The lowest BCUT2D eigenvalue weighted by Crippen LogP contribution is -2.49. The van der Waals surface area contributed by atoms with Gasteiger partial charge in [-0.2, -0.15) is 9.13 Å². The van der Waals surface area contributed by atoms with Crippen LogP contribution in [0.15, 0.2) is 24.3 Å². The minimum Gasteiger partial charge on any atom is -0.337 e. The third-order valence-electron chi connectivity index (χ3n) is 9.24. The number of hydrogen-bond donors (Lipinski definition) is 0. The number of aromatic nitrogens is 2. The number of Topliss-reactive ketones (excluding diaryl/α,β-unsaturated/α-hetero) is 1. The Morgan fingerprint density at radius 2 is 1.40 bits per heavy atom. The third-order valence-corrected chi connectivity index (χ3v) is 13.4. The summed E-state index contributed by atoms with van der Waals surface area (Å²) in [7, 11) is 0. The molecule has 242 valence electrons. The molecule has 0 radical (unpaired) electrons. The van der Waals surface area contributed by atoms with Crippen LogP contribution in [0.25, 0.3) is 20.1 Å². The number of rotatable bonds is 16. The molecule has 0 N–H and O–H groups in total. The highest BCUT2D eigenvalue weighted by Gasteiger charge is 2.39. The van der Waals surface area contributed by atoms with Crippen LogP contribution in [0.4, 0.5) is 0 Å². The summed E-state index contributed by atoms with van der Waals surface area (Å²) < 4.78 is 5.89. The van der Waals surface area contributed by atoms with Crippen molar-refractivity contribution in [2.75, 3.05) is 13.1 Å². The fourth-order valence-electron chi connectivity index (χ4n) is 6.73. The summed E-state index contributed by atoms with van der Waals surface area (Å²) in [5.41, 5.74) is 3.71. The molecule has 4 heterocycles. The first-order valence-electron chi connectivity index (χ1n) is 17.3. The minimum absolute atomic E-state index is 0.192. The van der Waals surface area contributed by atoms with Gasteiger partial charge in [0.2, 0.25) is 18.9 Å². The van der Waals surface area contributed by atoms with Gasteiger partial charge in [0.1, 0.15) is 0 Å². The molecule has 1 amide bonds. The van der Waals surface area contributed by atoms with Crippen LogP contribution in [0.1, 0.15) is 115 Å². The number of likely N-dealkylation sites (tertiary alicyclic amines) is 1. The first kappa shape index (κ1) is 33.9. The number of fused-ring (bicyclic) bond motifs is 1. The van der Waals surface area contributed by atoms with E-state index in [-0.39, 0.29) is 11.7 Å². The van der Waals surface area contributed by atoms with Gasteiger partial charge in [0.25, 0.3) is 5.91 Å². The van der Waals surface area contributed by atoms with Crippen molar-refractivity contribution in [1.29, 1.82) is 0 Å². The molecule has 1 aliphatic heterocycles. The maximum absolute atomic E-state index is 14.3. The lowest BCUT2D eigenvalue weighted by molar-refractivity contribution is -0.704. The average molecular weight is 666 g/mol. The third kappa shape index (κ3) is 7.44. The maximum atomic E-state index is 14.3. The van der Waals surface area contributed by atoms with Crippen molar-refractivity contribution >= 4 is 55.8 Å². The number of hydrogen-bond acceptors (Lipinski definition) is 5. The standard InChI is InChI=1S/C37H51N3O2S3/c1-6-10-12-19-29-33(21-13-11-7-2)45-36(39(29)24-30(41)35-26(5)27-18-14-15-20-32(27)43-35)37-40(28(8-3)31(9-4)44-37)25-34(42)38-22-16-17-23-38/h14-15,18,20H,6-13,16-17,19,21-25H2,1-5H3/q+2. The van der Waals surface area contributed by atoms with Crippen LogP contribution in [-0.4, -0.2) is 29.7 Å². The summed E-state index contributed by atoms with van der Waals surface area (Å²) in [4.78, 5) is 33.6. The van der Waals surface area contributed by atoms with E-state index in [1.165, 1.54) is 63.3 Å². The first-order valence-corrected chi connectivity index (χ1v) is 19.7. The molecule has 4 aromatic rings. The molecule has 0 saturated carbocycles. The SMILES string of the molecule is CCCCCc1sc(-c2sc(CC)c(CC)[n+]2CC(=O)N2CCCC2)[n+](CC(=O)c2sc3ccccc3c2C)c1CCCCC. The van der Waals surface area contributed by atoms with Crippen molar-refractivity contribution in [1.82, 2.24) is 4.90 Å². The highest BCUT2D eigenvalue weighted by Crippen LogP contribution is 2.35. The molecule has 5 rings (SSSR count). The molecule has 0 atom stereocenters. The zero-order valence-corrected chi connectivity index (χ0v) is 30.5. The molecule has 1 aliphatic rings. The van der Waals surface area contributed by atoms with Crippen molar-refractivity contribution in [3.63, 3.8) is 0 Å². The largest absolute Gasteiger partial charge is 0.346 e. The molecule has 45 heavy (non-hydrogen) atoms. The van der Waals surface area contributed by atoms with Crippen LogP contribution in [0.2, 0.25) is 0 Å². The lowest BCUT2D eigenvalue weighted by Gasteiger charge is -2.13. The van der Waals surface area contributed by atoms with Crippen LogP contribution < -0.4 is 9.13 Å². The normalized spacial score (nSPS) is 13.4. The number of ketones is 1. The Hall–Kier alpha value is -2.42. The number of aryl methyl sites for hydroxylation is 3. The number of carbonyl (C=O) groups excluding carboxylic acids is 2. The Morgan fingerprint density at radius 1 is 0.756 bits per heavy atom. The number of carbonyl (C=O) groups is 2. The Morgan fingerprint density at radius 3 is 2.04 bits per heavy atom. The summed E-state index contributed by atoms with van der Waals surface area (Å²) in [5.74, 6) is 0.414. The van der Waals surface area contributed by atoms with Crippen molar-refractivity contribution in [2.45, 2.75) is 125 Å². The molecule has 8 heteroatoms. The molecule has 1 aromatic carbocycles. The van der Waals surface area contributed by atoms with Gasteiger partial charge in [-0.1, -0.05) is 94.3 Å². The van der Waals surface area contributed by atoms with Crippen LogP contribution in [0.3, 0.4) is 0 Å². The second-order valence-electron chi connectivity index (χ2n) is 12.4. The number of thiophene rings is 1. The van der Waals surface area contributed by atoms with Gasteiger partial charge in [-0.15, -0.1) is 11.3 Å². The van der Waals surface area contributed by atoms with E-state index in [2.05, 4.69) is 68.0 Å². The van der Waals surface area contributed by atoms with E-state index in [1.54, 1.807) is 11.3 Å². The molecule has 0 bridgehead atoms. The zero-order valence-electron chi connectivity index (χ0n) is 28.0. The van der Waals surface area contributed by atoms with Crippen LogP contribution >= 0.6 is 34.0 Å². The van der Waals surface area contributed by atoms with E-state index in [4.69, 9.17) is 0 Å². The second kappa shape index (κ2) is 15.9. The smallest absolute Gasteiger partial charge is 0.337 e. The predicted molar refractivity (Wildman–Crippen MR) is 190 cm³/mol. The van der Waals surface area contributed by atoms with Crippen LogP contribution in [-0.2, 0) is 43.6 Å². The molecule has 1 saturated heterocycles. The molecule has 1 fully saturated rings. The van der Waals surface area contributed by atoms with E-state index in [0.29, 0.717) is 13.1 Å². The van der Waals surface area contributed by atoms with Gasteiger partial charge in [0.15, 0.2) is 11.4 Å². The van der Waals surface area contributed by atoms with E-state index in [1.807, 2.05) is 27.6 Å². The molecule has 0 spiro atoms. The van der Waals surface area contributed by atoms with Gasteiger partial charge in [0.05, 0.1) is 14.6 Å². The molecular weight excluding hydrogens is 615 g/mol. The molecule has 3 aromatic heterocycles. The van der Waals surface area contributed by atoms with Gasteiger partial charge in [0, 0.05) is 30.6 Å². The number of unbranched alkanes of at least 4 members (excludes halogenated alkanes) is 4. The molecule has 0 unspecified atom stereocenters. The van der Waals surface area contributed by atoms with E-state index in [0.717, 1.165) is 78.5 Å². The summed E-state index contributed by atoms with van der Waals surface area (Å²) in [6.07, 6.45) is 13.1. The van der Waals surface area contributed by atoms with Crippen molar-refractivity contribution in [3.8, 4) is 10.0 Å². The van der Waals surface area contributed by atoms with Gasteiger partial charge < -0.3 is 4.90 Å². The Balaban J connectivity index is 1.64. The quantitative estimate of drug-likeness (QED) is 0.0683. The van der Waals surface area contributed by atoms with Gasteiger partial charge in [-0.05, 0) is 62.5 Å². The van der Waals surface area contributed by atoms with E-state index in [9.17, 15) is 9.59 Å². The molecular formula is C37H51N3O2S3+2. The average Bonchev–Trinajstić information content (AvgIpc) is 3.84. The van der Waals surface area contributed by atoms with Gasteiger partial charge in [-0.25, -0.2) is 0 Å². The zero-order chi connectivity index (χ0) is 31.9. The Labute approximate surface area is 281 Å². The minimum atomic E-state index is 0.192. The maximum Gasteiger partial charge on any atom is 0.346 e. The van der Waals surface area contributed by atoms with Crippen molar-refractivity contribution in [3.05, 3.63) is 55.8 Å². The van der Waals surface area contributed by atoms with Crippen molar-refractivity contribution < 1.29 is 18.7 Å². The number of thiazole rings is 2. The number of nitrogens with zero attached hydrogens (tertiary/aromatic N) is 3. The summed E-state index contributed by atoms with van der Waals surface area (Å²) in [6, 6.07) is 8.38. The van der Waals surface area contributed by atoms with E-state index >= 15 is 0 Å². The number of amides is 1. The molecule has 0 aliphatic carbocycles. The highest BCUT2D eigenvalue weighted by atomic mass is 32.1. The van der Waals surface area contributed by atoms with Crippen LogP contribution in [0.5, 0.6) is 0 Å². The first-order chi connectivity index (χ1) is 21.9. The van der Waals surface area contributed by atoms with Gasteiger partial charge in [-0.3, -0.25) is 9.59 Å². The Kier molecular flexibility index (Phi) is 12.0. The predicted octanol–water partition coefficient (Wildman–Crippen LogP) is 8.67. The second-order valence-corrected chi connectivity index (χ2v) is 15.6. The Bertz CT molecular complexity index is 1620. The summed E-state index contributed by atoms with van der Waals surface area (Å²) in [6.45, 7) is 13.5. The van der Waals surface area contributed by atoms with Crippen molar-refractivity contribution in [2.24, 2.45) is 0 Å².